The van der Waals surface area contributed by atoms with Crippen molar-refractivity contribution in [1.82, 2.24) is 0 Å². The molecule has 0 saturated heterocycles. The normalized spacial score (nSPS) is 14.2. The summed E-state index contributed by atoms with van der Waals surface area (Å²) in [6.45, 7) is 4.10. The fraction of sp³-hybridized carbons (Fsp3) is 1.00. The van der Waals surface area contributed by atoms with Gasteiger partial charge in [-0.3, -0.25) is 0 Å². The molecule has 1 N–H and O–H groups in total. The third-order valence-electron chi connectivity index (χ3n) is 4.47. The molecule has 0 amide bonds. The van der Waals surface area contributed by atoms with Gasteiger partial charge in [0, 0.05) is 5.25 Å². The Morgan fingerprint density at radius 2 is 1.21 bits per heavy atom. The minimum atomic E-state index is -4.14. The molecule has 6 heteroatoms. The molecule has 0 aliphatic carbocycles. The summed E-state index contributed by atoms with van der Waals surface area (Å²) in [6, 6.07) is 0. The standard InChI is InChI=1S/C18H38O4S.K/c1-3-5-6-7-10-14-17(19)15-11-8-9-12-16-18(13-4-2)23(20,21)22;/h17-19H,3-16H2,1-2H3,(H,20,21,22);/q;+1/p-1. The van der Waals surface area contributed by atoms with E-state index in [0.29, 0.717) is 12.8 Å². The fourth-order valence-electron chi connectivity index (χ4n) is 2.99. The SMILES string of the molecule is CCCCCCCC(O)CCCCCCC(CCC)S(=O)(=O)[O-].[K+]. The zero-order chi connectivity index (χ0) is 17.6. The molecule has 0 rings (SSSR count). The Kier molecular flexibility index (Phi) is 20.7. The maximum atomic E-state index is 11.1. The van der Waals surface area contributed by atoms with Gasteiger partial charge in [0.05, 0.1) is 16.2 Å². The van der Waals surface area contributed by atoms with Gasteiger partial charge in [-0.15, -0.1) is 0 Å². The van der Waals surface area contributed by atoms with Crippen LogP contribution >= 0.6 is 0 Å². The summed E-state index contributed by atoms with van der Waals surface area (Å²) in [5, 5.41) is 9.20. The Balaban J connectivity index is 0. The second-order valence-corrected chi connectivity index (χ2v) is 8.40. The van der Waals surface area contributed by atoms with Crippen molar-refractivity contribution in [2.24, 2.45) is 0 Å². The van der Waals surface area contributed by atoms with E-state index in [1.54, 1.807) is 0 Å². The van der Waals surface area contributed by atoms with Crippen molar-refractivity contribution >= 4 is 10.1 Å². The van der Waals surface area contributed by atoms with Crippen LogP contribution in [-0.4, -0.2) is 29.4 Å². The molecule has 4 nitrogen and oxygen atoms in total. The van der Waals surface area contributed by atoms with Crippen LogP contribution in [0.2, 0.25) is 0 Å². The molecule has 0 aliphatic heterocycles. The van der Waals surface area contributed by atoms with Crippen LogP contribution < -0.4 is 51.4 Å². The molecule has 0 aromatic carbocycles. The third kappa shape index (κ3) is 16.9. The average Bonchev–Trinajstić information content (AvgIpc) is 2.48. The van der Waals surface area contributed by atoms with E-state index >= 15 is 0 Å². The first kappa shape index (κ1) is 27.7. The molecule has 0 heterocycles. The van der Waals surface area contributed by atoms with Crippen LogP contribution in [0.3, 0.4) is 0 Å². The predicted molar refractivity (Wildman–Crippen MR) is 95.5 cm³/mol. The summed E-state index contributed by atoms with van der Waals surface area (Å²) in [4.78, 5) is 0. The topological polar surface area (TPSA) is 77.4 Å². The summed E-state index contributed by atoms with van der Waals surface area (Å²) in [5.74, 6) is 0. The first-order valence-electron chi connectivity index (χ1n) is 9.54. The van der Waals surface area contributed by atoms with Crippen LogP contribution in [0.4, 0.5) is 0 Å². The van der Waals surface area contributed by atoms with Gasteiger partial charge in [0.2, 0.25) is 0 Å². The number of aliphatic hydroxyl groups is 1. The van der Waals surface area contributed by atoms with Crippen molar-refractivity contribution in [3.63, 3.8) is 0 Å². The van der Waals surface area contributed by atoms with Crippen molar-refractivity contribution in [2.75, 3.05) is 0 Å². The smallest absolute Gasteiger partial charge is 0.748 e. The van der Waals surface area contributed by atoms with Gasteiger partial charge in [0.25, 0.3) is 0 Å². The minimum Gasteiger partial charge on any atom is -0.748 e. The molecule has 0 aromatic rings. The Hall–Kier alpha value is 1.51. The minimum absolute atomic E-state index is 0. The zero-order valence-corrected chi connectivity index (χ0v) is 20.1. The first-order chi connectivity index (χ1) is 10.9. The van der Waals surface area contributed by atoms with Crippen LogP contribution in [0.1, 0.15) is 104 Å². The summed E-state index contributed by atoms with van der Waals surface area (Å²) in [7, 11) is -4.14. The van der Waals surface area contributed by atoms with E-state index in [4.69, 9.17) is 0 Å². The van der Waals surface area contributed by atoms with Gasteiger partial charge in [-0.05, 0) is 25.7 Å². The molecule has 0 spiro atoms. The Labute approximate surface area is 192 Å². The predicted octanol–water partition coefficient (Wildman–Crippen LogP) is 1.77. The molecular formula is C18H37KO4S. The summed E-state index contributed by atoms with van der Waals surface area (Å²) in [5.41, 5.74) is 0. The number of hydrogen-bond donors (Lipinski definition) is 1. The maximum Gasteiger partial charge on any atom is 1.00 e. The van der Waals surface area contributed by atoms with Crippen molar-refractivity contribution in [2.45, 2.75) is 115 Å². The number of rotatable bonds is 16. The van der Waals surface area contributed by atoms with Crippen LogP contribution in [0.15, 0.2) is 0 Å². The van der Waals surface area contributed by atoms with Crippen molar-refractivity contribution < 1.29 is 69.5 Å². The largest absolute Gasteiger partial charge is 1.00 e. The molecule has 0 radical (unpaired) electrons. The third-order valence-corrected chi connectivity index (χ3v) is 5.76. The van der Waals surface area contributed by atoms with Crippen LogP contribution in [0.5, 0.6) is 0 Å². The maximum absolute atomic E-state index is 11.1. The van der Waals surface area contributed by atoms with E-state index < -0.39 is 15.4 Å². The fourth-order valence-corrected chi connectivity index (χ4v) is 3.97. The van der Waals surface area contributed by atoms with E-state index in [1.807, 2.05) is 6.92 Å². The van der Waals surface area contributed by atoms with Crippen molar-refractivity contribution in [3.05, 3.63) is 0 Å². The quantitative estimate of drug-likeness (QED) is 0.248. The molecule has 0 saturated carbocycles. The van der Waals surface area contributed by atoms with Gasteiger partial charge in [-0.2, -0.15) is 0 Å². The molecule has 24 heavy (non-hydrogen) atoms. The van der Waals surface area contributed by atoms with Crippen LogP contribution in [-0.2, 0) is 10.1 Å². The number of unbranched alkanes of at least 4 members (excludes halogenated alkanes) is 7. The second-order valence-electron chi connectivity index (χ2n) is 6.75. The molecule has 0 aliphatic rings. The molecule has 140 valence electrons. The average molecular weight is 389 g/mol. The van der Waals surface area contributed by atoms with Gasteiger partial charge in [-0.25, -0.2) is 8.42 Å². The van der Waals surface area contributed by atoms with Gasteiger partial charge in [0.15, 0.2) is 0 Å². The first-order valence-corrected chi connectivity index (χ1v) is 11.0. The Morgan fingerprint density at radius 1 is 0.750 bits per heavy atom. The molecule has 0 aromatic heterocycles. The summed E-state index contributed by atoms with van der Waals surface area (Å²) in [6.07, 6.45) is 13.1. The van der Waals surface area contributed by atoms with Gasteiger partial charge in [-0.1, -0.05) is 78.1 Å². The number of aliphatic hydroxyl groups excluding tert-OH is 1. The molecule has 2 atom stereocenters. The van der Waals surface area contributed by atoms with Gasteiger partial charge >= 0.3 is 51.4 Å². The number of hydrogen-bond acceptors (Lipinski definition) is 4. The Bertz CT molecular complexity index is 360. The molecule has 2 unspecified atom stereocenters. The molecule has 0 fully saturated rings. The van der Waals surface area contributed by atoms with Crippen molar-refractivity contribution in [3.8, 4) is 0 Å². The van der Waals surface area contributed by atoms with E-state index in [-0.39, 0.29) is 57.5 Å². The van der Waals surface area contributed by atoms with Crippen molar-refractivity contribution in [1.29, 1.82) is 0 Å². The van der Waals surface area contributed by atoms with E-state index in [2.05, 4.69) is 6.92 Å². The monoisotopic (exact) mass is 388 g/mol. The Morgan fingerprint density at radius 3 is 1.62 bits per heavy atom. The van der Waals surface area contributed by atoms with E-state index in [9.17, 15) is 18.1 Å². The molecule has 0 bridgehead atoms. The van der Waals surface area contributed by atoms with Gasteiger partial charge in [0.1, 0.15) is 0 Å². The van der Waals surface area contributed by atoms with Crippen LogP contribution in [0.25, 0.3) is 0 Å². The summed E-state index contributed by atoms with van der Waals surface area (Å²) < 4.78 is 33.3. The van der Waals surface area contributed by atoms with E-state index in [1.165, 1.54) is 25.7 Å². The zero-order valence-electron chi connectivity index (χ0n) is 16.1. The van der Waals surface area contributed by atoms with E-state index in [0.717, 1.165) is 51.4 Å². The summed E-state index contributed by atoms with van der Waals surface area (Å²) >= 11 is 0. The van der Waals surface area contributed by atoms with Gasteiger partial charge < -0.3 is 9.66 Å². The second kappa shape index (κ2) is 17.9. The molecular weight excluding hydrogens is 351 g/mol. The van der Waals surface area contributed by atoms with Crippen LogP contribution in [0, 0.1) is 0 Å².